The molecule has 3 aliphatic heterocycles. The summed E-state index contributed by atoms with van der Waals surface area (Å²) in [6, 6.07) is 3.82. The molecule has 3 aliphatic rings. The Labute approximate surface area is 247 Å². The normalized spacial score (nSPS) is 26.7. The van der Waals surface area contributed by atoms with Crippen LogP contribution in [0.1, 0.15) is 58.9 Å². The average molecular weight is 638 g/mol. The summed E-state index contributed by atoms with van der Waals surface area (Å²) in [7, 11) is 1.91. The topological polar surface area (TPSA) is 94.8 Å². The smallest absolute Gasteiger partial charge is 0.410 e. The molecule has 0 radical (unpaired) electrons. The minimum absolute atomic E-state index is 0.0857. The van der Waals surface area contributed by atoms with Crippen molar-refractivity contribution in [3.05, 3.63) is 21.1 Å². The highest BCUT2D eigenvalue weighted by Gasteiger charge is 2.49. The first-order chi connectivity index (χ1) is 18.8. The zero-order valence-corrected chi connectivity index (χ0v) is 25.9. The molecule has 0 saturated carbocycles. The first-order valence-corrected chi connectivity index (χ1v) is 14.8. The maximum atomic E-state index is 14.3. The van der Waals surface area contributed by atoms with Crippen LogP contribution in [0.3, 0.4) is 0 Å². The standard InChI is InChI=1S/C28H35BrClFN6O3/c1-16-21(7-10-37(16)26(38)40-27(2,3)4)35(5)24-18-11-20(30)22(29)19(13-32)23(18)33-25(34-24)39-15-28-8-6-9-36(28)14-17(31)12-28/h11,16-17,21H,6-10,12,14-15H2,1-5H3/t16?,17-,21?,28+/m1/s1. The highest BCUT2D eigenvalue weighted by Crippen LogP contribution is 2.42. The zero-order chi connectivity index (χ0) is 29.0. The minimum Gasteiger partial charge on any atom is -0.461 e. The number of benzene rings is 1. The van der Waals surface area contributed by atoms with E-state index in [2.05, 4.69) is 31.9 Å². The van der Waals surface area contributed by atoms with Crippen LogP contribution in [0, 0.1) is 11.3 Å². The number of carbonyl (C=O) groups is 1. The number of hydrogen-bond acceptors (Lipinski definition) is 8. The van der Waals surface area contributed by atoms with E-state index >= 15 is 0 Å². The summed E-state index contributed by atoms with van der Waals surface area (Å²) >= 11 is 9.94. The maximum absolute atomic E-state index is 14.3. The quantitative estimate of drug-likeness (QED) is 0.412. The number of amides is 1. The number of nitrogens with zero attached hydrogens (tertiary/aromatic N) is 6. The van der Waals surface area contributed by atoms with Crippen LogP contribution in [-0.4, -0.2) is 88.5 Å². The van der Waals surface area contributed by atoms with Gasteiger partial charge in [0.1, 0.15) is 30.3 Å². The van der Waals surface area contributed by atoms with Crippen molar-refractivity contribution in [1.29, 1.82) is 5.26 Å². The van der Waals surface area contributed by atoms with E-state index in [1.54, 1.807) is 11.0 Å². The van der Waals surface area contributed by atoms with Crippen LogP contribution in [0.2, 0.25) is 5.02 Å². The lowest BCUT2D eigenvalue weighted by Gasteiger charge is -2.33. The third-order valence-electron chi connectivity index (χ3n) is 8.36. The van der Waals surface area contributed by atoms with E-state index in [1.165, 1.54) is 0 Å². The predicted molar refractivity (Wildman–Crippen MR) is 155 cm³/mol. The largest absolute Gasteiger partial charge is 0.461 e. The van der Waals surface area contributed by atoms with Gasteiger partial charge in [0.05, 0.1) is 38.2 Å². The fraction of sp³-hybridized carbons (Fsp3) is 0.643. The Balaban J connectivity index is 1.50. The molecule has 0 spiro atoms. The highest BCUT2D eigenvalue weighted by atomic mass is 79.9. The van der Waals surface area contributed by atoms with Gasteiger partial charge >= 0.3 is 12.1 Å². The molecular formula is C28H35BrClFN6O3. The predicted octanol–water partition coefficient (Wildman–Crippen LogP) is 5.71. The maximum Gasteiger partial charge on any atom is 0.410 e. The molecule has 2 unspecified atom stereocenters. The molecule has 12 heteroatoms. The molecular weight excluding hydrogens is 603 g/mol. The van der Waals surface area contributed by atoms with Gasteiger partial charge in [0.2, 0.25) is 0 Å². The van der Waals surface area contributed by atoms with Gasteiger partial charge in [0, 0.05) is 31.9 Å². The molecule has 4 heterocycles. The third-order valence-corrected chi connectivity index (χ3v) is 9.71. The van der Waals surface area contributed by atoms with E-state index in [-0.39, 0.29) is 41.9 Å². The minimum atomic E-state index is -0.872. The van der Waals surface area contributed by atoms with Crippen LogP contribution in [0.4, 0.5) is 15.0 Å². The molecule has 216 valence electrons. The van der Waals surface area contributed by atoms with Crippen LogP contribution in [0.5, 0.6) is 6.01 Å². The van der Waals surface area contributed by atoms with Gasteiger partial charge in [0.25, 0.3) is 0 Å². The molecule has 3 saturated heterocycles. The summed E-state index contributed by atoms with van der Waals surface area (Å²) in [5.41, 5.74) is -0.264. The first-order valence-electron chi connectivity index (χ1n) is 13.7. The number of aromatic nitrogens is 2. The Kier molecular flexibility index (Phi) is 7.83. The van der Waals surface area contributed by atoms with Crippen molar-refractivity contribution < 1.29 is 18.7 Å². The van der Waals surface area contributed by atoms with E-state index in [0.29, 0.717) is 52.1 Å². The van der Waals surface area contributed by atoms with Crippen LogP contribution in [0.15, 0.2) is 10.5 Å². The van der Waals surface area contributed by atoms with Gasteiger partial charge in [-0.3, -0.25) is 4.90 Å². The van der Waals surface area contributed by atoms with Crippen molar-refractivity contribution in [2.45, 2.75) is 82.8 Å². The highest BCUT2D eigenvalue weighted by molar-refractivity contribution is 9.10. The molecule has 1 aromatic carbocycles. The summed E-state index contributed by atoms with van der Waals surface area (Å²) in [4.78, 5) is 28.2. The molecule has 0 bridgehead atoms. The molecule has 0 N–H and O–H groups in total. The molecule has 2 aromatic rings. The Morgan fingerprint density at radius 2 is 2.12 bits per heavy atom. The number of halogens is 3. The van der Waals surface area contributed by atoms with Crippen molar-refractivity contribution in [3.63, 3.8) is 0 Å². The Hall–Kier alpha value is -2.42. The summed E-state index contributed by atoms with van der Waals surface area (Å²) < 4.78 is 26.6. The molecule has 5 rings (SSSR count). The van der Waals surface area contributed by atoms with Crippen LogP contribution in [0.25, 0.3) is 10.9 Å². The number of ether oxygens (including phenoxy) is 2. The number of anilines is 1. The van der Waals surface area contributed by atoms with Crippen LogP contribution < -0.4 is 9.64 Å². The molecule has 4 atom stereocenters. The molecule has 40 heavy (non-hydrogen) atoms. The molecule has 1 aromatic heterocycles. The lowest BCUT2D eigenvalue weighted by molar-refractivity contribution is 0.0233. The first kappa shape index (κ1) is 29.1. The zero-order valence-electron chi connectivity index (χ0n) is 23.5. The van der Waals surface area contributed by atoms with E-state index in [9.17, 15) is 14.4 Å². The molecule has 3 fully saturated rings. The van der Waals surface area contributed by atoms with Crippen molar-refractivity contribution >= 4 is 50.3 Å². The fourth-order valence-electron chi connectivity index (χ4n) is 6.43. The number of carbonyl (C=O) groups excluding carboxylic acids is 1. The van der Waals surface area contributed by atoms with Crippen molar-refractivity contribution in [3.8, 4) is 12.1 Å². The van der Waals surface area contributed by atoms with Crippen molar-refractivity contribution in [1.82, 2.24) is 19.8 Å². The van der Waals surface area contributed by atoms with Crippen LogP contribution in [-0.2, 0) is 4.74 Å². The van der Waals surface area contributed by atoms with Gasteiger partial charge in [-0.15, -0.1) is 0 Å². The van der Waals surface area contributed by atoms with Gasteiger partial charge < -0.3 is 19.3 Å². The Morgan fingerprint density at radius 1 is 1.38 bits per heavy atom. The molecule has 9 nitrogen and oxygen atoms in total. The number of nitriles is 1. The SMILES string of the molecule is CC1C(N(C)c2nc(OC[C@@]34CCCN3C[C@H](F)C4)nc3c(C#N)c(Br)c(Cl)cc23)CCN1C(=O)OC(C)(C)C. The van der Waals surface area contributed by atoms with E-state index in [4.69, 9.17) is 26.1 Å². The number of likely N-dealkylation sites (N-methyl/N-ethyl adjacent to an activating group) is 1. The second-order valence-electron chi connectivity index (χ2n) is 12.1. The summed E-state index contributed by atoms with van der Waals surface area (Å²) in [6.45, 7) is 9.62. The average Bonchev–Trinajstić information content (AvgIpc) is 3.53. The van der Waals surface area contributed by atoms with Gasteiger partial charge in [0.15, 0.2) is 0 Å². The summed E-state index contributed by atoms with van der Waals surface area (Å²) in [6.07, 6.45) is 1.76. The molecule has 0 aliphatic carbocycles. The lowest BCUT2D eigenvalue weighted by Crippen LogP contribution is -2.45. The number of rotatable bonds is 5. The van der Waals surface area contributed by atoms with Gasteiger partial charge in [-0.2, -0.15) is 15.2 Å². The van der Waals surface area contributed by atoms with Crippen molar-refractivity contribution in [2.24, 2.45) is 0 Å². The number of hydrogen-bond donors (Lipinski definition) is 0. The second kappa shape index (κ2) is 10.8. The summed E-state index contributed by atoms with van der Waals surface area (Å²) in [5.74, 6) is 0.546. The number of fused-ring (bicyclic) bond motifs is 2. The Bertz CT molecular complexity index is 1370. The van der Waals surface area contributed by atoms with E-state index in [0.717, 1.165) is 19.4 Å². The van der Waals surface area contributed by atoms with Gasteiger partial charge in [-0.25, -0.2) is 9.18 Å². The number of alkyl halides is 1. The number of likely N-dealkylation sites (tertiary alicyclic amines) is 1. The lowest BCUT2D eigenvalue weighted by atomic mass is 9.95. The van der Waals surface area contributed by atoms with Crippen molar-refractivity contribution in [2.75, 3.05) is 38.2 Å². The fourth-order valence-corrected chi connectivity index (χ4v) is 7.03. The van der Waals surface area contributed by atoms with Gasteiger partial charge in [-0.1, -0.05) is 11.6 Å². The van der Waals surface area contributed by atoms with Crippen LogP contribution >= 0.6 is 27.5 Å². The monoisotopic (exact) mass is 636 g/mol. The Morgan fingerprint density at radius 3 is 2.83 bits per heavy atom. The van der Waals surface area contributed by atoms with Gasteiger partial charge in [-0.05, 0) is 75.5 Å². The van der Waals surface area contributed by atoms with E-state index < -0.39 is 11.8 Å². The second-order valence-corrected chi connectivity index (χ2v) is 13.3. The van der Waals surface area contributed by atoms with E-state index in [1.807, 2.05) is 39.6 Å². The molecule has 1 amide bonds. The summed E-state index contributed by atoms with van der Waals surface area (Å²) in [5, 5.41) is 11.0. The third kappa shape index (κ3) is 5.30.